The van der Waals surface area contributed by atoms with E-state index in [0.717, 1.165) is 19.3 Å². The molecule has 2 aliphatic rings. The molecule has 3 nitrogen and oxygen atoms in total. The Morgan fingerprint density at radius 1 is 1.30 bits per heavy atom. The van der Waals surface area contributed by atoms with Gasteiger partial charge in [-0.05, 0) is 70.1 Å². The van der Waals surface area contributed by atoms with Crippen LogP contribution in [0.5, 0.6) is 0 Å². The average Bonchev–Trinajstić information content (AvgIpc) is 2.66. The monoisotopic (exact) mass is 284 g/mol. The predicted molar refractivity (Wildman–Crippen MR) is 80.5 cm³/mol. The van der Waals surface area contributed by atoms with E-state index in [4.69, 9.17) is 4.74 Å². The highest BCUT2D eigenvalue weighted by Crippen LogP contribution is 2.56. The van der Waals surface area contributed by atoms with Crippen LogP contribution in [0.4, 0.5) is 0 Å². The van der Waals surface area contributed by atoms with Gasteiger partial charge >= 0.3 is 0 Å². The van der Waals surface area contributed by atoms with Gasteiger partial charge in [0.1, 0.15) is 0 Å². The molecule has 2 fully saturated rings. The lowest BCUT2D eigenvalue weighted by molar-refractivity contribution is -0.0725. The van der Waals surface area contributed by atoms with Crippen LogP contribution in [-0.2, 0) is 4.74 Å². The van der Waals surface area contributed by atoms with Crippen molar-refractivity contribution in [2.45, 2.75) is 84.0 Å². The van der Waals surface area contributed by atoms with Gasteiger partial charge in [-0.25, -0.2) is 0 Å². The van der Waals surface area contributed by atoms with E-state index in [1.807, 2.05) is 13.8 Å². The highest BCUT2D eigenvalue weighted by molar-refractivity contribution is 5.02. The van der Waals surface area contributed by atoms with E-state index in [0.29, 0.717) is 24.9 Å². The van der Waals surface area contributed by atoms with Crippen molar-refractivity contribution in [2.75, 3.05) is 6.61 Å². The molecule has 0 heterocycles. The Labute approximate surface area is 123 Å². The van der Waals surface area contributed by atoms with Crippen LogP contribution in [0.2, 0.25) is 0 Å². The number of rotatable bonds is 5. The van der Waals surface area contributed by atoms with Crippen molar-refractivity contribution in [1.82, 2.24) is 0 Å². The number of ether oxygens (including phenoxy) is 1. The molecule has 0 amide bonds. The van der Waals surface area contributed by atoms with Crippen LogP contribution in [0.15, 0.2) is 0 Å². The first-order valence-corrected chi connectivity index (χ1v) is 8.26. The first-order chi connectivity index (χ1) is 9.24. The van der Waals surface area contributed by atoms with Crippen molar-refractivity contribution in [3.8, 4) is 0 Å². The van der Waals surface area contributed by atoms with Crippen molar-refractivity contribution in [1.29, 1.82) is 0 Å². The van der Waals surface area contributed by atoms with Crippen molar-refractivity contribution in [2.24, 2.45) is 17.3 Å². The minimum Gasteiger partial charge on any atom is -0.393 e. The Bertz CT molecular complexity index is 323. The molecule has 0 spiro atoms. The van der Waals surface area contributed by atoms with E-state index in [-0.39, 0.29) is 17.6 Å². The van der Waals surface area contributed by atoms with Crippen molar-refractivity contribution in [3.05, 3.63) is 0 Å². The van der Waals surface area contributed by atoms with Crippen LogP contribution in [0.25, 0.3) is 0 Å². The van der Waals surface area contributed by atoms with E-state index in [9.17, 15) is 10.2 Å². The molecule has 0 aliphatic heterocycles. The molecule has 0 bridgehead atoms. The fourth-order valence-electron chi connectivity index (χ4n) is 4.57. The zero-order valence-electron chi connectivity index (χ0n) is 13.6. The fourth-order valence-corrected chi connectivity index (χ4v) is 4.57. The molecular formula is C17H32O3. The number of aliphatic hydroxyl groups is 2. The maximum Gasteiger partial charge on any atom is 0.0613 e. The van der Waals surface area contributed by atoms with Crippen molar-refractivity contribution in [3.63, 3.8) is 0 Å². The second-order valence-corrected chi connectivity index (χ2v) is 7.89. The van der Waals surface area contributed by atoms with E-state index in [1.165, 1.54) is 12.8 Å². The van der Waals surface area contributed by atoms with Crippen molar-refractivity contribution >= 4 is 0 Å². The summed E-state index contributed by atoms with van der Waals surface area (Å²) in [4.78, 5) is 0. The third kappa shape index (κ3) is 3.37. The summed E-state index contributed by atoms with van der Waals surface area (Å²) in [6, 6.07) is 0. The number of hydrogen-bond donors (Lipinski definition) is 2. The number of fused-ring (bicyclic) bond motifs is 1. The van der Waals surface area contributed by atoms with Gasteiger partial charge in [-0.3, -0.25) is 0 Å². The molecule has 0 aromatic rings. The van der Waals surface area contributed by atoms with Gasteiger partial charge in [0, 0.05) is 6.61 Å². The van der Waals surface area contributed by atoms with E-state index in [2.05, 4.69) is 13.8 Å². The smallest absolute Gasteiger partial charge is 0.0613 e. The summed E-state index contributed by atoms with van der Waals surface area (Å²) in [5.74, 6) is 1.01. The van der Waals surface area contributed by atoms with Crippen LogP contribution in [0, 0.1) is 17.3 Å². The van der Waals surface area contributed by atoms with E-state index >= 15 is 0 Å². The molecule has 20 heavy (non-hydrogen) atoms. The molecule has 2 aliphatic carbocycles. The zero-order chi connectivity index (χ0) is 15.0. The first-order valence-electron chi connectivity index (χ1n) is 8.26. The molecule has 5 atom stereocenters. The summed E-state index contributed by atoms with van der Waals surface area (Å²) in [6.45, 7) is 8.79. The lowest BCUT2D eigenvalue weighted by Gasteiger charge is -2.45. The standard InChI is InChI=1S/C17H32O3/c1-12(20-11-10-16(2,3)19)13-7-8-14-15(18)6-5-9-17(13,14)4/h12-15,18-19H,5-11H2,1-4H3/t12-,13?,14-,15-,17+/m0/s1. The van der Waals surface area contributed by atoms with Gasteiger partial charge in [-0.1, -0.05) is 13.3 Å². The van der Waals surface area contributed by atoms with E-state index < -0.39 is 5.60 Å². The number of aliphatic hydroxyl groups excluding tert-OH is 1. The highest BCUT2D eigenvalue weighted by Gasteiger charge is 2.52. The SMILES string of the molecule is C[C@H](OCCC(C)(C)O)C1CC[C@H]2[C@@H](O)CCC[C@]12C. The molecule has 2 rings (SSSR count). The summed E-state index contributed by atoms with van der Waals surface area (Å²) < 4.78 is 6.01. The molecule has 118 valence electrons. The van der Waals surface area contributed by atoms with Crippen LogP contribution >= 0.6 is 0 Å². The maximum atomic E-state index is 10.3. The first kappa shape index (κ1) is 16.3. The molecule has 0 aromatic carbocycles. The quantitative estimate of drug-likeness (QED) is 0.815. The third-order valence-corrected chi connectivity index (χ3v) is 5.82. The Morgan fingerprint density at radius 2 is 2.00 bits per heavy atom. The Morgan fingerprint density at radius 3 is 2.65 bits per heavy atom. The molecule has 1 unspecified atom stereocenters. The van der Waals surface area contributed by atoms with Gasteiger partial charge in [0.2, 0.25) is 0 Å². The van der Waals surface area contributed by atoms with Gasteiger partial charge in [-0.2, -0.15) is 0 Å². The van der Waals surface area contributed by atoms with Crippen LogP contribution in [-0.4, -0.2) is 34.6 Å². The average molecular weight is 284 g/mol. The van der Waals surface area contributed by atoms with Crippen LogP contribution < -0.4 is 0 Å². The molecular weight excluding hydrogens is 252 g/mol. The van der Waals surface area contributed by atoms with Gasteiger partial charge in [0.25, 0.3) is 0 Å². The Balaban J connectivity index is 1.92. The molecule has 0 saturated heterocycles. The van der Waals surface area contributed by atoms with Crippen molar-refractivity contribution < 1.29 is 14.9 Å². The molecule has 2 saturated carbocycles. The minimum atomic E-state index is -0.650. The highest BCUT2D eigenvalue weighted by atomic mass is 16.5. The van der Waals surface area contributed by atoms with Crippen LogP contribution in [0.1, 0.15) is 66.2 Å². The van der Waals surface area contributed by atoms with Gasteiger partial charge in [0.15, 0.2) is 0 Å². The largest absolute Gasteiger partial charge is 0.393 e. The second-order valence-electron chi connectivity index (χ2n) is 7.89. The lowest BCUT2D eigenvalue weighted by Crippen LogP contribution is -2.43. The summed E-state index contributed by atoms with van der Waals surface area (Å²) >= 11 is 0. The predicted octanol–water partition coefficient (Wildman–Crippen LogP) is 3.13. The van der Waals surface area contributed by atoms with Gasteiger partial charge in [-0.15, -0.1) is 0 Å². The maximum absolute atomic E-state index is 10.3. The minimum absolute atomic E-state index is 0.109. The Kier molecular flexibility index (Phi) is 4.83. The molecule has 2 N–H and O–H groups in total. The normalized spacial score (nSPS) is 39.6. The molecule has 0 radical (unpaired) electrons. The summed E-state index contributed by atoms with van der Waals surface area (Å²) in [5.41, 5.74) is -0.408. The fraction of sp³-hybridized carbons (Fsp3) is 1.00. The van der Waals surface area contributed by atoms with Gasteiger partial charge < -0.3 is 14.9 Å². The summed E-state index contributed by atoms with van der Waals surface area (Å²) in [6.07, 6.45) is 6.43. The topological polar surface area (TPSA) is 49.7 Å². The van der Waals surface area contributed by atoms with Crippen LogP contribution in [0.3, 0.4) is 0 Å². The Hall–Kier alpha value is -0.120. The summed E-state index contributed by atoms with van der Waals surface area (Å²) in [7, 11) is 0. The summed E-state index contributed by atoms with van der Waals surface area (Å²) in [5, 5.41) is 20.0. The lowest BCUT2D eigenvalue weighted by atomic mass is 9.63. The second kappa shape index (κ2) is 5.94. The third-order valence-electron chi connectivity index (χ3n) is 5.82. The van der Waals surface area contributed by atoms with E-state index in [1.54, 1.807) is 0 Å². The molecule has 0 aromatic heterocycles. The number of hydrogen-bond acceptors (Lipinski definition) is 3. The zero-order valence-corrected chi connectivity index (χ0v) is 13.6. The molecule has 3 heteroatoms. The van der Waals surface area contributed by atoms with Gasteiger partial charge in [0.05, 0.1) is 17.8 Å².